The first-order valence-electron chi connectivity index (χ1n) is 8.39. The SMILES string of the molecule is CCOc1ccc(C(=O)OCc2nc3ccccc3c(=O)n2CC#N)cc1. The fourth-order valence-corrected chi connectivity index (χ4v) is 2.63. The van der Waals surface area contributed by atoms with Crippen LogP contribution in [-0.2, 0) is 17.9 Å². The zero-order valence-corrected chi connectivity index (χ0v) is 14.7. The molecule has 0 unspecified atom stereocenters. The Balaban J connectivity index is 1.83. The Morgan fingerprint density at radius 1 is 1.19 bits per heavy atom. The van der Waals surface area contributed by atoms with Crippen LogP contribution in [0.1, 0.15) is 23.1 Å². The highest BCUT2D eigenvalue weighted by Gasteiger charge is 2.14. The molecule has 0 aliphatic rings. The number of nitriles is 1. The van der Waals surface area contributed by atoms with Crippen LogP contribution in [0.4, 0.5) is 0 Å². The molecule has 0 bridgehead atoms. The van der Waals surface area contributed by atoms with Gasteiger partial charge in [-0.05, 0) is 43.3 Å². The van der Waals surface area contributed by atoms with E-state index in [-0.39, 0.29) is 24.5 Å². The molecule has 0 saturated heterocycles. The van der Waals surface area contributed by atoms with Crippen molar-refractivity contribution in [2.24, 2.45) is 0 Å². The predicted molar refractivity (Wildman–Crippen MR) is 98.3 cm³/mol. The van der Waals surface area contributed by atoms with Gasteiger partial charge in [0.15, 0.2) is 5.82 Å². The molecule has 3 rings (SSSR count). The van der Waals surface area contributed by atoms with E-state index >= 15 is 0 Å². The Kier molecular flexibility index (Phi) is 5.47. The smallest absolute Gasteiger partial charge is 0.338 e. The number of rotatable bonds is 6. The van der Waals surface area contributed by atoms with Crippen molar-refractivity contribution in [3.05, 3.63) is 70.3 Å². The average molecular weight is 363 g/mol. The Morgan fingerprint density at radius 3 is 2.63 bits per heavy atom. The van der Waals surface area contributed by atoms with Gasteiger partial charge in [-0.25, -0.2) is 9.78 Å². The molecule has 0 spiro atoms. The molecule has 0 aliphatic heterocycles. The lowest BCUT2D eigenvalue weighted by atomic mass is 10.2. The summed E-state index contributed by atoms with van der Waals surface area (Å²) in [7, 11) is 0. The second-order valence-corrected chi connectivity index (χ2v) is 5.63. The van der Waals surface area contributed by atoms with Crippen LogP contribution < -0.4 is 10.3 Å². The molecule has 2 aromatic carbocycles. The number of hydrogen-bond donors (Lipinski definition) is 0. The maximum absolute atomic E-state index is 12.6. The molecule has 0 aliphatic carbocycles. The van der Waals surface area contributed by atoms with Gasteiger partial charge in [-0.3, -0.25) is 9.36 Å². The lowest BCUT2D eigenvalue weighted by Crippen LogP contribution is -2.26. The van der Waals surface area contributed by atoms with E-state index in [2.05, 4.69) is 4.98 Å². The minimum Gasteiger partial charge on any atom is -0.494 e. The molecule has 3 aromatic rings. The van der Waals surface area contributed by atoms with Crippen molar-refractivity contribution >= 4 is 16.9 Å². The first-order valence-corrected chi connectivity index (χ1v) is 8.39. The molecule has 27 heavy (non-hydrogen) atoms. The average Bonchev–Trinajstić information content (AvgIpc) is 2.69. The minimum absolute atomic E-state index is 0.174. The van der Waals surface area contributed by atoms with E-state index in [1.165, 1.54) is 4.57 Å². The van der Waals surface area contributed by atoms with Crippen molar-refractivity contribution in [2.75, 3.05) is 6.61 Å². The summed E-state index contributed by atoms with van der Waals surface area (Å²) >= 11 is 0. The highest BCUT2D eigenvalue weighted by Crippen LogP contribution is 2.14. The fourth-order valence-electron chi connectivity index (χ4n) is 2.63. The summed E-state index contributed by atoms with van der Waals surface area (Å²) in [6, 6.07) is 15.3. The third-order valence-electron chi connectivity index (χ3n) is 3.90. The summed E-state index contributed by atoms with van der Waals surface area (Å²) in [5, 5.41) is 9.42. The monoisotopic (exact) mass is 363 g/mol. The number of ether oxygens (including phenoxy) is 2. The summed E-state index contributed by atoms with van der Waals surface area (Å²) in [6.07, 6.45) is 0. The van der Waals surface area contributed by atoms with Crippen LogP contribution in [0.5, 0.6) is 5.75 Å². The molecule has 7 nitrogen and oxygen atoms in total. The Morgan fingerprint density at radius 2 is 1.93 bits per heavy atom. The largest absolute Gasteiger partial charge is 0.494 e. The van der Waals surface area contributed by atoms with E-state index in [9.17, 15) is 9.59 Å². The number of esters is 1. The van der Waals surface area contributed by atoms with Crippen LogP contribution in [0.3, 0.4) is 0 Å². The number of nitrogens with zero attached hydrogens (tertiary/aromatic N) is 3. The van der Waals surface area contributed by atoms with Crippen molar-refractivity contribution in [2.45, 2.75) is 20.1 Å². The summed E-state index contributed by atoms with van der Waals surface area (Å²) in [5.41, 5.74) is 0.506. The Labute approximate surface area is 155 Å². The molecule has 0 radical (unpaired) electrons. The number of benzene rings is 2. The molecule has 1 heterocycles. The minimum atomic E-state index is -0.552. The fraction of sp³-hybridized carbons (Fsp3) is 0.200. The number of fused-ring (bicyclic) bond motifs is 1. The Hall–Kier alpha value is -3.66. The van der Waals surface area contributed by atoms with E-state index in [4.69, 9.17) is 14.7 Å². The number of carbonyl (C=O) groups is 1. The topological polar surface area (TPSA) is 94.2 Å². The quantitative estimate of drug-likeness (QED) is 0.625. The third-order valence-corrected chi connectivity index (χ3v) is 3.90. The van der Waals surface area contributed by atoms with Crippen LogP contribution in [0, 0.1) is 11.3 Å². The molecule has 7 heteroatoms. The second-order valence-electron chi connectivity index (χ2n) is 5.63. The second kappa shape index (κ2) is 8.15. The van der Waals surface area contributed by atoms with Gasteiger partial charge in [-0.2, -0.15) is 5.26 Å². The molecular formula is C20H17N3O4. The van der Waals surface area contributed by atoms with E-state index in [0.717, 1.165) is 0 Å². The highest BCUT2D eigenvalue weighted by molar-refractivity contribution is 5.89. The van der Waals surface area contributed by atoms with Gasteiger partial charge in [0.05, 0.1) is 29.1 Å². The first-order chi connectivity index (χ1) is 13.1. The van der Waals surface area contributed by atoms with Crippen LogP contribution in [0.2, 0.25) is 0 Å². The van der Waals surface area contributed by atoms with Crippen LogP contribution >= 0.6 is 0 Å². The van der Waals surface area contributed by atoms with Crippen molar-refractivity contribution in [1.29, 1.82) is 5.26 Å². The van der Waals surface area contributed by atoms with Gasteiger partial charge in [0, 0.05) is 0 Å². The number of aromatic nitrogens is 2. The number of hydrogen-bond acceptors (Lipinski definition) is 6. The van der Waals surface area contributed by atoms with Crippen LogP contribution in [-0.4, -0.2) is 22.1 Å². The predicted octanol–water partition coefficient (Wildman–Crippen LogP) is 2.68. The van der Waals surface area contributed by atoms with Crippen LogP contribution in [0.15, 0.2) is 53.3 Å². The third kappa shape index (κ3) is 3.96. The van der Waals surface area contributed by atoms with E-state index in [1.54, 1.807) is 48.5 Å². The normalized spacial score (nSPS) is 10.4. The lowest BCUT2D eigenvalue weighted by Gasteiger charge is -2.11. The lowest BCUT2D eigenvalue weighted by molar-refractivity contribution is 0.0457. The van der Waals surface area contributed by atoms with Crippen molar-refractivity contribution in [3.8, 4) is 11.8 Å². The van der Waals surface area contributed by atoms with Gasteiger partial charge in [0.25, 0.3) is 5.56 Å². The summed E-state index contributed by atoms with van der Waals surface area (Å²) < 4.78 is 11.8. The summed E-state index contributed by atoms with van der Waals surface area (Å²) in [5.74, 6) is 0.330. The maximum Gasteiger partial charge on any atom is 0.338 e. The summed E-state index contributed by atoms with van der Waals surface area (Å²) in [6.45, 7) is 2.02. The highest BCUT2D eigenvalue weighted by atomic mass is 16.5. The molecule has 0 fully saturated rings. The van der Waals surface area contributed by atoms with Crippen molar-refractivity contribution in [3.63, 3.8) is 0 Å². The molecule has 0 amide bonds. The van der Waals surface area contributed by atoms with Crippen molar-refractivity contribution in [1.82, 2.24) is 9.55 Å². The molecule has 1 aromatic heterocycles. The standard InChI is InChI=1S/C20H17N3O4/c1-2-26-15-9-7-14(8-10-15)20(25)27-13-18-22-17-6-4-3-5-16(17)19(24)23(18)12-11-21/h3-10H,2,12-13H2,1H3. The van der Waals surface area contributed by atoms with Gasteiger partial charge in [-0.1, -0.05) is 12.1 Å². The Bertz CT molecular complexity index is 1070. The number of para-hydroxylation sites is 1. The van der Waals surface area contributed by atoms with Gasteiger partial charge in [-0.15, -0.1) is 0 Å². The van der Waals surface area contributed by atoms with Crippen LogP contribution in [0.25, 0.3) is 10.9 Å². The summed E-state index contributed by atoms with van der Waals surface area (Å²) in [4.78, 5) is 29.2. The van der Waals surface area contributed by atoms with E-state index in [0.29, 0.717) is 28.8 Å². The van der Waals surface area contributed by atoms with Crippen molar-refractivity contribution < 1.29 is 14.3 Å². The van der Waals surface area contributed by atoms with Gasteiger partial charge < -0.3 is 9.47 Å². The first kappa shape index (κ1) is 18.1. The molecule has 136 valence electrons. The van der Waals surface area contributed by atoms with Gasteiger partial charge in [0.2, 0.25) is 0 Å². The molecular weight excluding hydrogens is 346 g/mol. The van der Waals surface area contributed by atoms with Gasteiger partial charge >= 0.3 is 5.97 Å². The molecule has 0 N–H and O–H groups in total. The molecule has 0 saturated carbocycles. The van der Waals surface area contributed by atoms with E-state index < -0.39 is 5.97 Å². The van der Waals surface area contributed by atoms with E-state index in [1.807, 2.05) is 13.0 Å². The molecule has 0 atom stereocenters. The zero-order chi connectivity index (χ0) is 19.2. The van der Waals surface area contributed by atoms with Gasteiger partial charge in [0.1, 0.15) is 18.9 Å². The zero-order valence-electron chi connectivity index (χ0n) is 14.7. The number of carbonyl (C=O) groups excluding carboxylic acids is 1. The maximum atomic E-state index is 12.6.